The van der Waals surface area contributed by atoms with Crippen molar-refractivity contribution in [3.8, 4) is 0 Å². The zero-order chi connectivity index (χ0) is 19.1. The number of ether oxygens (including phenoxy) is 1. The van der Waals surface area contributed by atoms with Gasteiger partial charge in [0.2, 0.25) is 5.91 Å². The summed E-state index contributed by atoms with van der Waals surface area (Å²) in [7, 11) is 0. The molecule has 0 fully saturated rings. The van der Waals surface area contributed by atoms with Crippen molar-refractivity contribution in [2.45, 2.75) is 26.7 Å². The van der Waals surface area contributed by atoms with Gasteiger partial charge in [-0.3, -0.25) is 9.79 Å². The van der Waals surface area contributed by atoms with E-state index in [0.717, 1.165) is 12.0 Å². The van der Waals surface area contributed by atoms with E-state index in [1.54, 1.807) is 25.3 Å². The van der Waals surface area contributed by atoms with Gasteiger partial charge in [0.05, 0.1) is 16.3 Å². The number of nitrogens with zero attached hydrogens (tertiary/aromatic N) is 1. The van der Waals surface area contributed by atoms with Crippen LogP contribution >= 0.6 is 22.9 Å². The van der Waals surface area contributed by atoms with Gasteiger partial charge in [-0.05, 0) is 19.8 Å². The Balaban J connectivity index is 2.43. The van der Waals surface area contributed by atoms with Gasteiger partial charge in [-0.1, -0.05) is 23.7 Å². The zero-order valence-corrected chi connectivity index (χ0v) is 16.2. The fraction of sp³-hybridized carbons (Fsp3) is 0.389. The van der Waals surface area contributed by atoms with Crippen LogP contribution in [0.1, 0.15) is 42.6 Å². The second-order valence-corrected chi connectivity index (χ2v) is 6.92. The number of aliphatic hydroxyl groups is 1. The van der Waals surface area contributed by atoms with Crippen LogP contribution in [0.15, 0.2) is 17.1 Å². The van der Waals surface area contributed by atoms with E-state index in [4.69, 9.17) is 21.4 Å². The van der Waals surface area contributed by atoms with Gasteiger partial charge >= 0.3 is 5.97 Å². The molecular formula is C18H21ClN2O4S. The van der Waals surface area contributed by atoms with Crippen molar-refractivity contribution in [1.82, 2.24) is 0 Å². The zero-order valence-electron chi connectivity index (χ0n) is 14.7. The summed E-state index contributed by atoms with van der Waals surface area (Å²) in [5, 5.41) is 13.0. The first-order valence-corrected chi connectivity index (χ1v) is 9.49. The predicted molar refractivity (Wildman–Crippen MR) is 106 cm³/mol. The number of carbonyl (C=O) groups is 2. The molecule has 0 saturated carbocycles. The molecule has 1 heterocycles. The van der Waals surface area contributed by atoms with Gasteiger partial charge in [0.25, 0.3) is 0 Å². The number of benzene rings is 1. The van der Waals surface area contributed by atoms with Crippen LogP contribution in [0.5, 0.6) is 0 Å². The Bertz CT molecular complexity index is 832. The molecule has 6 nitrogen and oxygen atoms in total. The van der Waals surface area contributed by atoms with Crippen molar-refractivity contribution in [3.63, 3.8) is 0 Å². The lowest BCUT2D eigenvalue weighted by atomic mass is 10.1. The highest BCUT2D eigenvalue weighted by Gasteiger charge is 2.23. The fourth-order valence-electron chi connectivity index (χ4n) is 2.37. The molecule has 0 spiro atoms. The summed E-state index contributed by atoms with van der Waals surface area (Å²) in [4.78, 5) is 28.1. The topological polar surface area (TPSA) is 88.0 Å². The molecule has 1 amide bonds. The molecule has 26 heavy (non-hydrogen) atoms. The lowest BCUT2D eigenvalue weighted by molar-refractivity contribution is -0.114. The second kappa shape index (κ2) is 9.66. The maximum Gasteiger partial charge on any atom is 0.341 e. The van der Waals surface area contributed by atoms with E-state index in [-0.39, 0.29) is 19.1 Å². The normalized spacial score (nSPS) is 11.2. The Morgan fingerprint density at radius 1 is 1.38 bits per heavy atom. The molecule has 0 radical (unpaired) electrons. The monoisotopic (exact) mass is 396 g/mol. The smallest absolute Gasteiger partial charge is 0.341 e. The molecule has 2 N–H and O–H groups in total. The first kappa shape index (κ1) is 20.4. The van der Waals surface area contributed by atoms with E-state index in [0.29, 0.717) is 38.6 Å². The van der Waals surface area contributed by atoms with Gasteiger partial charge in [-0.2, -0.15) is 0 Å². The number of unbranched alkanes of at least 4 members (excludes halogenated alkanes) is 1. The number of carbonyl (C=O) groups excluding carboxylic acids is 2. The molecule has 1 aromatic heterocycles. The van der Waals surface area contributed by atoms with Crippen LogP contribution in [0.2, 0.25) is 5.02 Å². The first-order chi connectivity index (χ1) is 12.5. The van der Waals surface area contributed by atoms with Gasteiger partial charge in [-0.25, -0.2) is 4.79 Å². The molecule has 1 aromatic carbocycles. The Kier molecular flexibility index (Phi) is 7.56. The van der Waals surface area contributed by atoms with Crippen molar-refractivity contribution >= 4 is 56.1 Å². The highest BCUT2D eigenvalue weighted by Crippen LogP contribution is 2.41. The fourth-order valence-corrected chi connectivity index (χ4v) is 3.89. The maximum absolute atomic E-state index is 12.3. The number of rotatable bonds is 8. The van der Waals surface area contributed by atoms with Crippen LogP contribution in [0.3, 0.4) is 0 Å². The van der Waals surface area contributed by atoms with Crippen molar-refractivity contribution in [2.75, 3.05) is 25.1 Å². The van der Waals surface area contributed by atoms with Crippen molar-refractivity contribution in [1.29, 1.82) is 0 Å². The minimum atomic E-state index is -0.496. The molecule has 140 valence electrons. The summed E-state index contributed by atoms with van der Waals surface area (Å²) < 4.78 is 5.81. The predicted octanol–water partition coefficient (Wildman–Crippen LogP) is 3.88. The number of halogens is 1. The van der Waals surface area contributed by atoms with Crippen molar-refractivity contribution in [3.05, 3.63) is 28.3 Å². The van der Waals surface area contributed by atoms with E-state index in [9.17, 15) is 9.59 Å². The average Bonchev–Trinajstić information content (AvgIpc) is 2.95. The minimum Gasteiger partial charge on any atom is -0.462 e. The van der Waals surface area contributed by atoms with E-state index < -0.39 is 5.97 Å². The molecule has 8 heteroatoms. The highest BCUT2D eigenvalue weighted by molar-refractivity contribution is 7.24. The van der Waals surface area contributed by atoms with Crippen LogP contribution in [-0.2, 0) is 9.53 Å². The third-order valence-electron chi connectivity index (χ3n) is 3.52. The molecular weight excluding hydrogens is 376 g/mol. The Morgan fingerprint density at radius 3 is 2.81 bits per heavy atom. The number of amides is 1. The Hall–Kier alpha value is -1.96. The van der Waals surface area contributed by atoms with Gasteiger partial charge in [0, 0.05) is 37.2 Å². The van der Waals surface area contributed by atoms with Crippen LogP contribution in [-0.4, -0.2) is 43.0 Å². The lowest BCUT2D eigenvalue weighted by Crippen LogP contribution is -2.10. The summed E-state index contributed by atoms with van der Waals surface area (Å²) in [6, 6.07) is 3.57. The van der Waals surface area contributed by atoms with Crippen LogP contribution < -0.4 is 5.32 Å². The van der Waals surface area contributed by atoms with Crippen molar-refractivity contribution in [2.24, 2.45) is 4.99 Å². The third-order valence-corrected chi connectivity index (χ3v) is 5.18. The Labute approximate surface area is 160 Å². The number of hydrogen-bond acceptors (Lipinski definition) is 6. The second-order valence-electron chi connectivity index (χ2n) is 5.52. The van der Waals surface area contributed by atoms with E-state index >= 15 is 0 Å². The molecule has 0 unspecified atom stereocenters. The molecule has 0 aliphatic heterocycles. The molecule has 0 aliphatic carbocycles. The van der Waals surface area contributed by atoms with E-state index in [2.05, 4.69) is 10.3 Å². The van der Waals surface area contributed by atoms with E-state index in [1.165, 1.54) is 18.3 Å². The summed E-state index contributed by atoms with van der Waals surface area (Å²) in [5.74, 6) is -0.770. The molecule has 2 rings (SSSR count). The molecule has 0 saturated heterocycles. The summed E-state index contributed by atoms with van der Waals surface area (Å²) >= 11 is 7.73. The molecule has 0 bridgehead atoms. The van der Waals surface area contributed by atoms with Gasteiger partial charge in [-0.15, -0.1) is 11.3 Å². The first-order valence-electron chi connectivity index (χ1n) is 8.30. The summed E-state index contributed by atoms with van der Waals surface area (Å²) in [5.41, 5.74) is 1.05. The average molecular weight is 397 g/mol. The quantitative estimate of drug-likeness (QED) is 0.402. The standard InChI is InChI=1S/C18H21ClN2O4S/c1-3-25-18(24)14-13-7-6-12(10-20-8-4-5-9-22)15(19)16(13)26-17(14)21-11(2)23/h6-7,10,22H,3-5,8-9H2,1-2H3,(H,21,23). The number of aliphatic hydroxyl groups excluding tert-OH is 1. The highest BCUT2D eigenvalue weighted by atomic mass is 35.5. The Morgan fingerprint density at radius 2 is 2.15 bits per heavy atom. The molecule has 2 aromatic rings. The maximum atomic E-state index is 12.3. The lowest BCUT2D eigenvalue weighted by Gasteiger charge is -2.05. The van der Waals surface area contributed by atoms with Crippen LogP contribution in [0.4, 0.5) is 5.00 Å². The number of anilines is 1. The number of thiophene rings is 1. The van der Waals surface area contributed by atoms with Crippen molar-refractivity contribution < 1.29 is 19.4 Å². The van der Waals surface area contributed by atoms with Gasteiger partial charge < -0.3 is 15.2 Å². The summed E-state index contributed by atoms with van der Waals surface area (Å²) in [6.45, 7) is 4.10. The number of esters is 1. The minimum absolute atomic E-state index is 0.153. The molecule has 0 atom stereocenters. The van der Waals surface area contributed by atoms with Crippen LogP contribution in [0.25, 0.3) is 10.1 Å². The van der Waals surface area contributed by atoms with E-state index in [1.807, 2.05) is 0 Å². The summed E-state index contributed by atoms with van der Waals surface area (Å²) in [6.07, 6.45) is 3.19. The SMILES string of the molecule is CCOC(=O)c1c(NC(C)=O)sc2c(Cl)c(C=NCCCCO)ccc12. The van der Waals surface area contributed by atoms with Gasteiger partial charge in [0.1, 0.15) is 10.6 Å². The number of hydrogen-bond donors (Lipinski definition) is 2. The largest absolute Gasteiger partial charge is 0.462 e. The van der Waals surface area contributed by atoms with Gasteiger partial charge in [0.15, 0.2) is 0 Å². The number of fused-ring (bicyclic) bond motifs is 1. The third kappa shape index (κ3) is 4.81. The van der Waals surface area contributed by atoms with Crippen LogP contribution in [0, 0.1) is 0 Å². The molecule has 0 aliphatic rings. The number of aliphatic imine (C=N–C) groups is 1. The number of nitrogens with one attached hydrogen (secondary N) is 1.